The second-order valence-corrected chi connectivity index (χ2v) is 6.66. The van der Waals surface area contributed by atoms with E-state index in [0.29, 0.717) is 13.1 Å². The highest BCUT2D eigenvalue weighted by Crippen LogP contribution is 2.19. The molecule has 2 rings (SSSR count). The van der Waals surface area contributed by atoms with Crippen LogP contribution < -0.4 is 4.72 Å². The van der Waals surface area contributed by atoms with E-state index in [2.05, 4.69) is 9.62 Å². The van der Waals surface area contributed by atoms with Gasteiger partial charge in [-0.15, -0.1) is 0 Å². The molecule has 0 amide bonds. The summed E-state index contributed by atoms with van der Waals surface area (Å²) in [6, 6.07) is 0.130. The molecule has 0 aromatic rings. The summed E-state index contributed by atoms with van der Waals surface area (Å²) in [5.74, 6) is 0. The SMILES string of the molecule is C[C@@H]1CCCN1S(=O)(=O)NCCN1CCOCC1. The minimum atomic E-state index is -3.28. The van der Waals surface area contributed by atoms with Crippen molar-refractivity contribution >= 4 is 10.2 Å². The van der Waals surface area contributed by atoms with Gasteiger partial charge in [0.1, 0.15) is 0 Å². The maximum Gasteiger partial charge on any atom is 0.279 e. The van der Waals surface area contributed by atoms with Crippen molar-refractivity contribution < 1.29 is 13.2 Å². The van der Waals surface area contributed by atoms with Crippen LogP contribution >= 0.6 is 0 Å². The highest BCUT2D eigenvalue weighted by atomic mass is 32.2. The standard InChI is InChI=1S/C11H23N3O3S/c1-11-3-2-5-14(11)18(15,16)12-4-6-13-7-9-17-10-8-13/h11-12H,2-10H2,1H3/t11-/m1/s1. The van der Waals surface area contributed by atoms with Crippen LogP contribution in [0.15, 0.2) is 0 Å². The van der Waals surface area contributed by atoms with E-state index in [9.17, 15) is 8.42 Å². The van der Waals surface area contributed by atoms with E-state index >= 15 is 0 Å². The van der Waals surface area contributed by atoms with Gasteiger partial charge in [0.25, 0.3) is 10.2 Å². The first kappa shape index (κ1) is 14.2. The Labute approximate surface area is 109 Å². The fourth-order valence-corrected chi connectivity index (χ4v) is 3.97. The number of nitrogens with one attached hydrogen (secondary N) is 1. The summed E-state index contributed by atoms with van der Waals surface area (Å²) in [5, 5.41) is 0. The van der Waals surface area contributed by atoms with Gasteiger partial charge in [0.05, 0.1) is 13.2 Å². The summed E-state index contributed by atoms with van der Waals surface area (Å²) < 4.78 is 33.6. The lowest BCUT2D eigenvalue weighted by atomic mass is 10.3. The van der Waals surface area contributed by atoms with Gasteiger partial charge in [-0.2, -0.15) is 12.7 Å². The number of ether oxygens (including phenoxy) is 1. The molecule has 0 aliphatic carbocycles. The summed E-state index contributed by atoms with van der Waals surface area (Å²) in [5.41, 5.74) is 0. The van der Waals surface area contributed by atoms with Crippen LogP contribution in [-0.4, -0.2) is 69.6 Å². The zero-order valence-corrected chi connectivity index (χ0v) is 11.8. The number of hydrogen-bond acceptors (Lipinski definition) is 4. The monoisotopic (exact) mass is 277 g/mol. The van der Waals surface area contributed by atoms with E-state index in [1.807, 2.05) is 6.92 Å². The largest absolute Gasteiger partial charge is 0.379 e. The molecule has 2 aliphatic rings. The topological polar surface area (TPSA) is 61.9 Å². The Morgan fingerprint density at radius 2 is 2.00 bits per heavy atom. The minimum Gasteiger partial charge on any atom is -0.379 e. The van der Waals surface area contributed by atoms with Crippen molar-refractivity contribution in [2.45, 2.75) is 25.8 Å². The lowest BCUT2D eigenvalue weighted by molar-refractivity contribution is 0.0390. The average molecular weight is 277 g/mol. The van der Waals surface area contributed by atoms with Gasteiger partial charge < -0.3 is 4.74 Å². The van der Waals surface area contributed by atoms with E-state index in [1.54, 1.807) is 4.31 Å². The molecule has 0 aromatic carbocycles. The van der Waals surface area contributed by atoms with Gasteiger partial charge in [-0.25, -0.2) is 4.72 Å². The van der Waals surface area contributed by atoms with Crippen molar-refractivity contribution in [3.05, 3.63) is 0 Å². The first-order chi connectivity index (χ1) is 8.59. The number of hydrogen-bond donors (Lipinski definition) is 1. The Morgan fingerprint density at radius 1 is 1.28 bits per heavy atom. The van der Waals surface area contributed by atoms with Crippen LogP contribution in [0.4, 0.5) is 0 Å². The Morgan fingerprint density at radius 3 is 2.61 bits per heavy atom. The molecule has 2 fully saturated rings. The molecule has 2 aliphatic heterocycles. The van der Waals surface area contributed by atoms with Crippen LogP contribution in [0.2, 0.25) is 0 Å². The Balaban J connectivity index is 1.74. The van der Waals surface area contributed by atoms with Crippen LogP contribution in [0.3, 0.4) is 0 Å². The summed E-state index contributed by atoms with van der Waals surface area (Å²) in [7, 11) is -3.28. The van der Waals surface area contributed by atoms with E-state index in [4.69, 9.17) is 4.74 Å². The predicted molar refractivity (Wildman–Crippen MR) is 69.6 cm³/mol. The van der Waals surface area contributed by atoms with Crippen molar-refractivity contribution in [1.82, 2.24) is 13.9 Å². The van der Waals surface area contributed by atoms with Crippen LogP contribution in [0, 0.1) is 0 Å². The summed E-state index contributed by atoms with van der Waals surface area (Å²) >= 11 is 0. The van der Waals surface area contributed by atoms with Crippen molar-refractivity contribution in [3.8, 4) is 0 Å². The van der Waals surface area contributed by atoms with Gasteiger partial charge in [-0.1, -0.05) is 0 Å². The Hall–Kier alpha value is -0.210. The molecule has 18 heavy (non-hydrogen) atoms. The Kier molecular flexibility index (Phi) is 4.97. The van der Waals surface area contributed by atoms with Gasteiger partial charge in [0.2, 0.25) is 0 Å². The molecule has 2 heterocycles. The van der Waals surface area contributed by atoms with Gasteiger partial charge >= 0.3 is 0 Å². The van der Waals surface area contributed by atoms with Gasteiger partial charge in [0.15, 0.2) is 0 Å². The van der Waals surface area contributed by atoms with Gasteiger partial charge in [0, 0.05) is 38.8 Å². The molecule has 1 N–H and O–H groups in total. The van der Waals surface area contributed by atoms with Crippen molar-refractivity contribution in [3.63, 3.8) is 0 Å². The number of rotatable bonds is 5. The lowest BCUT2D eigenvalue weighted by Gasteiger charge is -2.27. The van der Waals surface area contributed by atoms with Crippen LogP contribution in [0.25, 0.3) is 0 Å². The second kappa shape index (κ2) is 6.29. The minimum absolute atomic E-state index is 0.130. The van der Waals surface area contributed by atoms with E-state index in [-0.39, 0.29) is 6.04 Å². The molecule has 0 unspecified atom stereocenters. The third-order valence-electron chi connectivity index (χ3n) is 3.62. The molecule has 6 nitrogen and oxygen atoms in total. The van der Waals surface area contributed by atoms with Crippen LogP contribution in [0.1, 0.15) is 19.8 Å². The average Bonchev–Trinajstić information content (AvgIpc) is 2.77. The molecular formula is C11H23N3O3S. The fourth-order valence-electron chi connectivity index (χ4n) is 2.50. The highest BCUT2D eigenvalue weighted by molar-refractivity contribution is 7.87. The van der Waals surface area contributed by atoms with Crippen molar-refractivity contribution in [2.24, 2.45) is 0 Å². The molecule has 2 saturated heterocycles. The number of nitrogens with zero attached hydrogens (tertiary/aromatic N) is 2. The van der Waals surface area contributed by atoms with E-state index < -0.39 is 10.2 Å². The normalized spacial score (nSPS) is 27.7. The smallest absolute Gasteiger partial charge is 0.279 e. The molecule has 0 aromatic heterocycles. The zero-order chi connectivity index (χ0) is 13.0. The molecule has 0 saturated carbocycles. The summed E-state index contributed by atoms with van der Waals surface area (Å²) in [6.07, 6.45) is 1.93. The maximum atomic E-state index is 12.1. The van der Waals surface area contributed by atoms with Gasteiger partial charge in [-0.3, -0.25) is 4.90 Å². The van der Waals surface area contributed by atoms with Crippen molar-refractivity contribution in [2.75, 3.05) is 45.9 Å². The lowest BCUT2D eigenvalue weighted by Crippen LogP contribution is -2.46. The predicted octanol–water partition coefficient (Wildman–Crippen LogP) is -0.363. The molecule has 106 valence electrons. The zero-order valence-electron chi connectivity index (χ0n) is 11.0. The fraction of sp³-hybridized carbons (Fsp3) is 1.00. The quantitative estimate of drug-likeness (QED) is 0.745. The van der Waals surface area contributed by atoms with Crippen LogP contribution in [0.5, 0.6) is 0 Å². The first-order valence-electron chi connectivity index (χ1n) is 6.66. The third kappa shape index (κ3) is 3.64. The molecule has 0 radical (unpaired) electrons. The Bertz CT molecular complexity index is 355. The summed E-state index contributed by atoms with van der Waals surface area (Å²) in [6.45, 7) is 7.12. The first-order valence-corrected chi connectivity index (χ1v) is 8.10. The molecule has 0 bridgehead atoms. The van der Waals surface area contributed by atoms with Crippen LogP contribution in [-0.2, 0) is 14.9 Å². The molecule has 7 heteroatoms. The third-order valence-corrected chi connectivity index (χ3v) is 5.35. The summed E-state index contributed by atoms with van der Waals surface area (Å²) in [4.78, 5) is 2.22. The second-order valence-electron chi connectivity index (χ2n) is 4.96. The maximum absolute atomic E-state index is 12.1. The van der Waals surface area contributed by atoms with E-state index in [1.165, 1.54) is 0 Å². The van der Waals surface area contributed by atoms with Gasteiger partial charge in [-0.05, 0) is 19.8 Å². The number of morpholine rings is 1. The molecule has 0 spiro atoms. The van der Waals surface area contributed by atoms with E-state index in [0.717, 1.165) is 45.7 Å². The molecule has 1 atom stereocenters. The highest BCUT2D eigenvalue weighted by Gasteiger charge is 2.30. The molecular weight excluding hydrogens is 254 g/mol. The van der Waals surface area contributed by atoms with Crippen molar-refractivity contribution in [1.29, 1.82) is 0 Å².